The van der Waals surface area contributed by atoms with E-state index in [4.69, 9.17) is 0 Å². The molecule has 2 aromatic rings. The lowest BCUT2D eigenvalue weighted by Gasteiger charge is -2.10. The third kappa shape index (κ3) is 3.78. The van der Waals surface area contributed by atoms with E-state index in [1.165, 1.54) is 0 Å². The zero-order valence-corrected chi connectivity index (χ0v) is 12.0. The van der Waals surface area contributed by atoms with E-state index in [2.05, 4.69) is 0 Å². The van der Waals surface area contributed by atoms with Crippen molar-refractivity contribution < 1.29 is 4.79 Å². The maximum atomic E-state index is 12.2. The maximum absolute atomic E-state index is 12.2. The molecule has 0 aliphatic rings. The van der Waals surface area contributed by atoms with Crippen LogP contribution in [-0.4, -0.2) is 12.2 Å². The Labute approximate surface area is 111 Å². The first-order valence-electron chi connectivity index (χ1n) is 6.17. The highest BCUT2D eigenvalue weighted by Crippen LogP contribution is 2.33. The minimum atomic E-state index is -0.752. The normalized spacial score (nSPS) is 11.1. The standard InChI is InChI=1S/C14H13OP.C2H6/c1-16(13-10-6-3-7-11-13)14(15)12-8-4-2-5-9-12;1-2/h2-11H,1H3;1-2H3. The van der Waals surface area contributed by atoms with Crippen molar-refractivity contribution in [3.8, 4) is 0 Å². The van der Waals surface area contributed by atoms with Gasteiger partial charge in [-0.2, -0.15) is 0 Å². The second-order valence-electron chi connectivity index (χ2n) is 3.57. The van der Waals surface area contributed by atoms with Crippen molar-refractivity contribution in [3.63, 3.8) is 0 Å². The molecule has 94 valence electrons. The van der Waals surface area contributed by atoms with Gasteiger partial charge in [-0.15, -0.1) is 0 Å². The van der Waals surface area contributed by atoms with Crippen molar-refractivity contribution in [2.24, 2.45) is 0 Å². The highest BCUT2D eigenvalue weighted by Gasteiger charge is 2.15. The molecular formula is C16H19OP. The monoisotopic (exact) mass is 258 g/mol. The predicted molar refractivity (Wildman–Crippen MR) is 81.0 cm³/mol. The van der Waals surface area contributed by atoms with Gasteiger partial charge in [0.05, 0.1) is 0 Å². The third-order valence-corrected chi connectivity index (χ3v) is 4.41. The van der Waals surface area contributed by atoms with Crippen molar-refractivity contribution >= 4 is 18.8 Å². The van der Waals surface area contributed by atoms with E-state index in [-0.39, 0.29) is 5.52 Å². The number of carbonyl (C=O) groups excluding carboxylic acids is 1. The molecule has 0 radical (unpaired) electrons. The molecule has 18 heavy (non-hydrogen) atoms. The van der Waals surface area contributed by atoms with Crippen LogP contribution in [0.2, 0.25) is 0 Å². The summed E-state index contributed by atoms with van der Waals surface area (Å²) in [4.78, 5) is 12.2. The number of rotatable bonds is 3. The van der Waals surface area contributed by atoms with Gasteiger partial charge in [0.1, 0.15) is 0 Å². The van der Waals surface area contributed by atoms with E-state index < -0.39 is 7.92 Å². The van der Waals surface area contributed by atoms with Crippen molar-refractivity contribution in [2.45, 2.75) is 13.8 Å². The molecule has 0 bridgehead atoms. The van der Waals surface area contributed by atoms with Crippen LogP contribution >= 0.6 is 7.92 Å². The van der Waals surface area contributed by atoms with Gasteiger partial charge < -0.3 is 0 Å². The molecule has 0 heterocycles. The van der Waals surface area contributed by atoms with Gasteiger partial charge in [0.15, 0.2) is 5.52 Å². The molecule has 0 aliphatic carbocycles. The van der Waals surface area contributed by atoms with Gasteiger partial charge in [-0.05, 0) is 19.9 Å². The molecule has 2 heteroatoms. The van der Waals surface area contributed by atoms with Gasteiger partial charge in [-0.3, -0.25) is 4.79 Å². The highest BCUT2D eigenvalue weighted by atomic mass is 31.1. The van der Waals surface area contributed by atoms with Crippen LogP contribution in [0.4, 0.5) is 0 Å². The van der Waals surface area contributed by atoms with E-state index in [0.717, 1.165) is 10.9 Å². The number of benzene rings is 2. The molecule has 1 nitrogen and oxygen atoms in total. The van der Waals surface area contributed by atoms with Crippen molar-refractivity contribution in [1.29, 1.82) is 0 Å². The second-order valence-corrected chi connectivity index (χ2v) is 5.61. The molecule has 1 atom stereocenters. The SMILES string of the molecule is CC.CP(C(=O)c1ccccc1)c1ccccc1. The molecule has 0 aromatic heterocycles. The summed E-state index contributed by atoms with van der Waals surface area (Å²) >= 11 is 0. The Balaban J connectivity index is 0.000000771. The minimum Gasteiger partial charge on any atom is -0.289 e. The van der Waals surface area contributed by atoms with Gasteiger partial charge in [0, 0.05) is 5.56 Å². The molecule has 0 fully saturated rings. The van der Waals surface area contributed by atoms with Crippen LogP contribution in [-0.2, 0) is 0 Å². The molecule has 0 saturated carbocycles. The fourth-order valence-electron chi connectivity index (χ4n) is 1.54. The third-order valence-electron chi connectivity index (χ3n) is 2.47. The highest BCUT2D eigenvalue weighted by molar-refractivity contribution is 7.81. The molecule has 0 N–H and O–H groups in total. The van der Waals surface area contributed by atoms with E-state index >= 15 is 0 Å². The summed E-state index contributed by atoms with van der Waals surface area (Å²) in [7, 11) is -0.752. The topological polar surface area (TPSA) is 17.1 Å². The second kappa shape index (κ2) is 7.79. The summed E-state index contributed by atoms with van der Waals surface area (Å²) in [5, 5.41) is 1.13. The zero-order valence-electron chi connectivity index (χ0n) is 11.1. The van der Waals surface area contributed by atoms with Crippen molar-refractivity contribution in [2.75, 3.05) is 6.66 Å². The van der Waals surface area contributed by atoms with Gasteiger partial charge >= 0.3 is 0 Å². The van der Waals surface area contributed by atoms with Crippen molar-refractivity contribution in [3.05, 3.63) is 66.2 Å². The first-order valence-corrected chi connectivity index (χ1v) is 7.96. The Morgan fingerprint density at radius 3 is 1.78 bits per heavy atom. The predicted octanol–water partition coefficient (Wildman–Crippen LogP) is 4.29. The average Bonchev–Trinajstić information content (AvgIpc) is 2.49. The number of carbonyl (C=O) groups is 1. The molecule has 1 unspecified atom stereocenters. The number of hydrogen-bond donors (Lipinski definition) is 0. The van der Waals surface area contributed by atoms with Crippen LogP contribution in [0.5, 0.6) is 0 Å². The lowest BCUT2D eigenvalue weighted by molar-refractivity contribution is 0.108. The first kappa shape index (κ1) is 14.6. The van der Waals surface area contributed by atoms with Crippen LogP contribution in [0, 0.1) is 0 Å². The zero-order chi connectivity index (χ0) is 13.4. The molecule has 2 aromatic carbocycles. The lowest BCUT2D eigenvalue weighted by Crippen LogP contribution is -2.07. The van der Waals surface area contributed by atoms with Gasteiger partial charge in [0.25, 0.3) is 0 Å². The van der Waals surface area contributed by atoms with Gasteiger partial charge in [0.2, 0.25) is 0 Å². The Bertz CT molecular complexity index is 465. The van der Waals surface area contributed by atoms with E-state index in [0.29, 0.717) is 0 Å². The van der Waals surface area contributed by atoms with Gasteiger partial charge in [-0.25, -0.2) is 0 Å². The van der Waals surface area contributed by atoms with Crippen LogP contribution in [0.15, 0.2) is 60.7 Å². The Hall–Kier alpha value is -1.46. The van der Waals surface area contributed by atoms with E-state index in [1.54, 1.807) is 0 Å². The summed E-state index contributed by atoms with van der Waals surface area (Å²) in [6.07, 6.45) is 0. The summed E-state index contributed by atoms with van der Waals surface area (Å²) in [6, 6.07) is 19.5. The quantitative estimate of drug-likeness (QED) is 0.750. The van der Waals surface area contributed by atoms with Crippen LogP contribution in [0.1, 0.15) is 24.2 Å². The summed E-state index contributed by atoms with van der Waals surface area (Å²) in [5.74, 6) is 0. The smallest absolute Gasteiger partial charge is 0.188 e. The molecular weight excluding hydrogens is 239 g/mol. The average molecular weight is 258 g/mol. The van der Waals surface area contributed by atoms with Crippen LogP contribution in [0.25, 0.3) is 0 Å². The summed E-state index contributed by atoms with van der Waals surface area (Å²) in [6.45, 7) is 6.01. The Morgan fingerprint density at radius 2 is 1.28 bits per heavy atom. The fourth-order valence-corrected chi connectivity index (χ4v) is 2.93. The Morgan fingerprint density at radius 1 is 0.833 bits per heavy atom. The molecule has 0 aliphatic heterocycles. The Kier molecular flexibility index (Phi) is 6.32. The van der Waals surface area contributed by atoms with Crippen LogP contribution in [0.3, 0.4) is 0 Å². The minimum absolute atomic E-state index is 0.238. The lowest BCUT2D eigenvalue weighted by atomic mass is 10.2. The summed E-state index contributed by atoms with van der Waals surface area (Å²) in [5.41, 5.74) is 1.04. The molecule has 2 rings (SSSR count). The molecule has 0 saturated heterocycles. The fraction of sp³-hybridized carbons (Fsp3) is 0.188. The molecule has 0 spiro atoms. The van der Waals surface area contributed by atoms with Crippen molar-refractivity contribution in [1.82, 2.24) is 0 Å². The van der Waals surface area contributed by atoms with Gasteiger partial charge in [-0.1, -0.05) is 74.5 Å². The van der Waals surface area contributed by atoms with E-state index in [1.807, 2.05) is 81.2 Å². The van der Waals surface area contributed by atoms with E-state index in [9.17, 15) is 4.79 Å². The largest absolute Gasteiger partial charge is 0.289 e. The van der Waals surface area contributed by atoms with Crippen LogP contribution < -0.4 is 5.30 Å². The summed E-state index contributed by atoms with van der Waals surface area (Å²) < 4.78 is 0. The first-order chi connectivity index (χ1) is 8.79. The maximum Gasteiger partial charge on any atom is 0.188 e. The number of hydrogen-bond acceptors (Lipinski definition) is 1. The molecule has 0 amide bonds.